The molecule has 0 spiro atoms. The summed E-state index contributed by atoms with van der Waals surface area (Å²) in [6.07, 6.45) is 3.37. The fourth-order valence-electron chi connectivity index (χ4n) is 6.13. The highest BCUT2D eigenvalue weighted by atomic mass is 19.4. The first-order valence-corrected chi connectivity index (χ1v) is 14.9. The van der Waals surface area contributed by atoms with Gasteiger partial charge in [-0.05, 0) is 73.4 Å². The number of hydrogen-bond acceptors (Lipinski definition) is 4. The molecule has 5 rings (SSSR count). The van der Waals surface area contributed by atoms with E-state index < -0.39 is 18.4 Å². The van der Waals surface area contributed by atoms with Crippen molar-refractivity contribution in [1.29, 1.82) is 0 Å². The fraction of sp³-hybridized carbons (Fsp3) is 0.471. The van der Waals surface area contributed by atoms with E-state index in [0.29, 0.717) is 35.0 Å². The average molecular weight is 598 g/mol. The number of carbonyl (C=O) groups is 1. The molecule has 1 saturated carbocycles. The second-order valence-corrected chi connectivity index (χ2v) is 12.2. The maximum absolute atomic E-state index is 14.6. The molecule has 4 atom stereocenters. The first kappa shape index (κ1) is 30.8. The molecule has 3 aromatic rings. The minimum atomic E-state index is -4.29. The van der Waals surface area contributed by atoms with Crippen LogP contribution in [0.5, 0.6) is 5.75 Å². The van der Waals surface area contributed by atoms with Gasteiger partial charge in [0.25, 0.3) is 0 Å². The normalized spacial score (nSPS) is 19.4. The number of benzene rings is 2. The number of ether oxygens (including phenoxy) is 1. The number of ketones is 1. The Morgan fingerprint density at radius 2 is 1.88 bits per heavy atom. The predicted octanol–water partition coefficient (Wildman–Crippen LogP) is 8.77. The molecule has 43 heavy (non-hydrogen) atoms. The van der Waals surface area contributed by atoms with Gasteiger partial charge < -0.3 is 14.6 Å². The van der Waals surface area contributed by atoms with Crippen LogP contribution in [0.1, 0.15) is 76.5 Å². The van der Waals surface area contributed by atoms with Crippen molar-refractivity contribution in [2.24, 2.45) is 17.8 Å². The van der Waals surface area contributed by atoms with Crippen LogP contribution in [0.25, 0.3) is 11.0 Å². The number of allylic oxidation sites excluding steroid dienone is 4. The Morgan fingerprint density at radius 1 is 1.14 bits per heavy atom. The van der Waals surface area contributed by atoms with Crippen molar-refractivity contribution in [1.82, 2.24) is 9.55 Å². The summed E-state index contributed by atoms with van der Waals surface area (Å²) in [4.78, 5) is 18.0. The van der Waals surface area contributed by atoms with Crippen molar-refractivity contribution in [2.75, 3.05) is 19.0 Å². The Hall–Kier alpha value is -3.62. The van der Waals surface area contributed by atoms with Gasteiger partial charge in [0.05, 0.1) is 37.1 Å². The molecular weight excluding hydrogens is 558 g/mol. The fourth-order valence-corrected chi connectivity index (χ4v) is 6.13. The average Bonchev–Trinajstić information content (AvgIpc) is 3.73. The minimum Gasteiger partial charge on any atom is -0.494 e. The second-order valence-electron chi connectivity index (χ2n) is 12.2. The Kier molecular flexibility index (Phi) is 8.72. The second kappa shape index (κ2) is 12.2. The lowest BCUT2D eigenvalue weighted by atomic mass is 9.81. The van der Waals surface area contributed by atoms with Crippen LogP contribution < -0.4 is 10.1 Å². The van der Waals surface area contributed by atoms with E-state index in [0.717, 1.165) is 22.2 Å². The van der Waals surface area contributed by atoms with Crippen molar-refractivity contribution >= 4 is 22.5 Å². The van der Waals surface area contributed by atoms with Crippen LogP contribution in [0, 0.1) is 23.6 Å². The van der Waals surface area contributed by atoms with Crippen molar-refractivity contribution < 1.29 is 27.1 Å². The van der Waals surface area contributed by atoms with Gasteiger partial charge in [-0.25, -0.2) is 9.37 Å². The topological polar surface area (TPSA) is 56.1 Å². The molecule has 0 radical (unpaired) electrons. The number of rotatable bonds is 11. The van der Waals surface area contributed by atoms with Crippen LogP contribution in [-0.4, -0.2) is 35.2 Å². The molecule has 2 aliphatic rings. The maximum Gasteiger partial charge on any atom is 0.390 e. The molecule has 2 aromatic carbocycles. The zero-order chi connectivity index (χ0) is 31.1. The molecule has 0 aliphatic heterocycles. The summed E-state index contributed by atoms with van der Waals surface area (Å²) in [5.41, 5.74) is 5.09. The van der Waals surface area contributed by atoms with Gasteiger partial charge in [-0.15, -0.1) is 0 Å². The number of imidazole rings is 1. The number of nitrogens with one attached hydrogen (secondary N) is 1. The van der Waals surface area contributed by atoms with E-state index in [1.165, 1.54) is 26.0 Å². The van der Waals surface area contributed by atoms with E-state index in [1.807, 2.05) is 43.6 Å². The standard InChI is InChI=1S/C34H39F4N3O2/c1-19-14-26(9-10-27(19)33(42)21(3)20(2)23-6-7-23)41-18-40-32-29(39-13-12-34(36,37)38)16-25(17-30(32)41)22(4)24-8-11-31(43-5)28(35)15-24/h8-11,15-18,20-23,26,39H,6-7,12-14H2,1-5H3. The molecule has 1 heterocycles. The van der Waals surface area contributed by atoms with Crippen molar-refractivity contribution in [3.8, 4) is 5.75 Å². The summed E-state index contributed by atoms with van der Waals surface area (Å²) in [7, 11) is 1.40. The Labute approximate surface area is 250 Å². The van der Waals surface area contributed by atoms with Crippen LogP contribution in [0.3, 0.4) is 0 Å². The number of Topliss-reactive ketones (excluding diaryl/α,β-unsaturated/α-hetero) is 1. The lowest BCUT2D eigenvalue weighted by Gasteiger charge is -2.25. The number of carbonyl (C=O) groups excluding carboxylic acids is 1. The van der Waals surface area contributed by atoms with Crippen LogP contribution in [0.4, 0.5) is 23.2 Å². The zero-order valence-electron chi connectivity index (χ0n) is 25.3. The van der Waals surface area contributed by atoms with E-state index in [2.05, 4.69) is 17.2 Å². The summed E-state index contributed by atoms with van der Waals surface area (Å²) in [6, 6.07) is 8.42. The zero-order valence-corrected chi connectivity index (χ0v) is 25.3. The number of fused-ring (bicyclic) bond motifs is 1. The molecule has 0 amide bonds. The van der Waals surface area contributed by atoms with Crippen molar-refractivity contribution in [3.05, 3.63) is 76.9 Å². The highest BCUT2D eigenvalue weighted by Crippen LogP contribution is 2.42. The van der Waals surface area contributed by atoms with E-state index in [4.69, 9.17) is 4.74 Å². The van der Waals surface area contributed by atoms with Gasteiger partial charge >= 0.3 is 6.18 Å². The molecule has 1 aromatic heterocycles. The molecule has 1 N–H and O–H groups in total. The van der Waals surface area contributed by atoms with E-state index >= 15 is 0 Å². The molecule has 230 valence electrons. The van der Waals surface area contributed by atoms with Gasteiger partial charge in [-0.2, -0.15) is 13.2 Å². The molecule has 0 saturated heterocycles. The number of aromatic nitrogens is 2. The van der Waals surface area contributed by atoms with Gasteiger partial charge in [-0.3, -0.25) is 4.79 Å². The maximum atomic E-state index is 14.6. The number of methoxy groups -OCH3 is 1. The Morgan fingerprint density at radius 3 is 2.51 bits per heavy atom. The smallest absolute Gasteiger partial charge is 0.390 e. The molecule has 9 heteroatoms. The monoisotopic (exact) mass is 597 g/mol. The molecular formula is C34H39F4N3O2. The molecule has 1 fully saturated rings. The lowest BCUT2D eigenvalue weighted by molar-refractivity contribution is -0.131. The summed E-state index contributed by atoms with van der Waals surface area (Å²) in [6.45, 7) is 7.82. The summed E-state index contributed by atoms with van der Waals surface area (Å²) in [5.74, 6) is 0.537. The summed E-state index contributed by atoms with van der Waals surface area (Å²) in [5, 5.41) is 2.94. The highest BCUT2D eigenvalue weighted by molar-refractivity contribution is 6.00. The SMILES string of the molecule is COc1ccc(C(C)c2cc(NCCC(F)(F)F)c3ncn(C4C=CC(C(=O)C(C)C(C)C5CC5)=C(C)C4)c3c2)cc1F. The number of anilines is 1. The van der Waals surface area contributed by atoms with Crippen LogP contribution in [0.2, 0.25) is 0 Å². The molecule has 5 nitrogen and oxygen atoms in total. The van der Waals surface area contributed by atoms with E-state index in [1.54, 1.807) is 24.5 Å². The van der Waals surface area contributed by atoms with E-state index in [9.17, 15) is 22.4 Å². The lowest BCUT2D eigenvalue weighted by Crippen LogP contribution is -2.23. The van der Waals surface area contributed by atoms with Gasteiger partial charge in [0.1, 0.15) is 5.52 Å². The first-order valence-electron chi connectivity index (χ1n) is 14.9. The molecule has 4 unspecified atom stereocenters. The van der Waals surface area contributed by atoms with Gasteiger partial charge in [0.2, 0.25) is 0 Å². The van der Waals surface area contributed by atoms with Gasteiger partial charge in [-0.1, -0.05) is 44.6 Å². The quantitative estimate of drug-likeness (QED) is 0.225. The van der Waals surface area contributed by atoms with Crippen molar-refractivity contribution in [3.63, 3.8) is 0 Å². The van der Waals surface area contributed by atoms with Gasteiger partial charge in [0, 0.05) is 24.0 Å². The Balaban J connectivity index is 1.47. The largest absolute Gasteiger partial charge is 0.494 e. The van der Waals surface area contributed by atoms with Crippen molar-refractivity contribution in [2.45, 2.75) is 71.5 Å². The van der Waals surface area contributed by atoms with E-state index in [-0.39, 0.29) is 36.0 Å². The third kappa shape index (κ3) is 6.65. The van der Waals surface area contributed by atoms with Crippen LogP contribution in [-0.2, 0) is 4.79 Å². The number of hydrogen-bond donors (Lipinski definition) is 1. The predicted molar refractivity (Wildman–Crippen MR) is 161 cm³/mol. The summed E-state index contributed by atoms with van der Waals surface area (Å²) >= 11 is 0. The number of halogens is 4. The number of alkyl halides is 3. The molecule has 0 bridgehead atoms. The third-order valence-electron chi connectivity index (χ3n) is 9.25. The van der Waals surface area contributed by atoms with Crippen LogP contribution >= 0.6 is 0 Å². The van der Waals surface area contributed by atoms with Gasteiger partial charge in [0.15, 0.2) is 17.3 Å². The minimum absolute atomic E-state index is 0.0371. The Bertz CT molecular complexity index is 1570. The molecule has 2 aliphatic carbocycles. The van der Waals surface area contributed by atoms with Crippen LogP contribution in [0.15, 0.2) is 60.0 Å². The first-order chi connectivity index (χ1) is 20.4. The third-order valence-corrected chi connectivity index (χ3v) is 9.25. The number of nitrogens with zero attached hydrogens (tertiary/aromatic N) is 2. The summed E-state index contributed by atoms with van der Waals surface area (Å²) < 4.78 is 60.5. The highest BCUT2D eigenvalue weighted by Gasteiger charge is 2.35.